The second-order valence-electron chi connectivity index (χ2n) is 10.4. The molecule has 1 saturated heterocycles. The number of carbonyl (C=O) groups excluding carboxylic acids is 2. The molecule has 0 radical (unpaired) electrons. The number of pyridine rings is 1. The Hall–Kier alpha value is -4.24. The van der Waals surface area contributed by atoms with Gasteiger partial charge in [-0.3, -0.25) is 9.78 Å². The molecule has 2 amide bonds. The number of aromatic nitrogens is 1. The standard InChI is InChI=1S/C30H30FN3O5/c1-30(2,3)39-29(36)33-18-24-15-22-14-21(16-25(27(22)38-24)19-4-7-23(31)8-5-19)26-9-6-20(17-32-26)28(35)34-10-12-37-13-11-34/h4-9,14-17H,10-13,18H2,1-3H3,(H,33,36). The van der Waals surface area contributed by atoms with Crippen LogP contribution in [0.5, 0.6) is 0 Å². The lowest BCUT2D eigenvalue weighted by atomic mass is 9.98. The minimum Gasteiger partial charge on any atom is -0.459 e. The van der Waals surface area contributed by atoms with Gasteiger partial charge in [0.15, 0.2) is 0 Å². The number of amides is 2. The van der Waals surface area contributed by atoms with Gasteiger partial charge in [0.1, 0.15) is 22.8 Å². The molecule has 0 unspecified atom stereocenters. The van der Waals surface area contributed by atoms with Crippen molar-refractivity contribution in [3.63, 3.8) is 0 Å². The normalized spacial score (nSPS) is 13.9. The summed E-state index contributed by atoms with van der Waals surface area (Å²) in [5.74, 6) is 0.127. The van der Waals surface area contributed by atoms with Gasteiger partial charge in [-0.05, 0) is 68.8 Å². The third kappa shape index (κ3) is 6.26. The summed E-state index contributed by atoms with van der Waals surface area (Å²) in [4.78, 5) is 31.3. The van der Waals surface area contributed by atoms with Crippen molar-refractivity contribution in [3.05, 3.63) is 77.9 Å². The summed E-state index contributed by atoms with van der Waals surface area (Å²) in [5.41, 5.74) is 3.50. The molecule has 9 heteroatoms. The molecular weight excluding hydrogens is 501 g/mol. The van der Waals surface area contributed by atoms with E-state index >= 15 is 0 Å². The van der Waals surface area contributed by atoms with E-state index in [4.69, 9.17) is 13.9 Å². The van der Waals surface area contributed by atoms with Gasteiger partial charge in [-0.15, -0.1) is 0 Å². The van der Waals surface area contributed by atoms with Gasteiger partial charge in [0.2, 0.25) is 0 Å². The minimum atomic E-state index is -0.613. The molecule has 2 aromatic heterocycles. The highest BCUT2D eigenvalue weighted by atomic mass is 19.1. The van der Waals surface area contributed by atoms with Crippen LogP contribution in [-0.2, 0) is 16.0 Å². The van der Waals surface area contributed by atoms with E-state index in [1.807, 2.05) is 24.3 Å². The monoisotopic (exact) mass is 531 g/mol. The minimum absolute atomic E-state index is 0.0724. The van der Waals surface area contributed by atoms with Crippen LogP contribution in [0.3, 0.4) is 0 Å². The number of nitrogens with one attached hydrogen (secondary N) is 1. The molecule has 5 rings (SSSR count). The lowest BCUT2D eigenvalue weighted by molar-refractivity contribution is 0.0302. The number of halogens is 1. The zero-order chi connectivity index (χ0) is 27.6. The first kappa shape index (κ1) is 26.4. The van der Waals surface area contributed by atoms with Gasteiger partial charge >= 0.3 is 6.09 Å². The molecule has 0 spiro atoms. The Morgan fingerprint density at radius 1 is 1.03 bits per heavy atom. The van der Waals surface area contributed by atoms with E-state index in [-0.39, 0.29) is 18.3 Å². The molecule has 8 nitrogen and oxygen atoms in total. The zero-order valence-corrected chi connectivity index (χ0v) is 22.1. The molecule has 2 aromatic carbocycles. The zero-order valence-electron chi connectivity index (χ0n) is 22.1. The predicted octanol–water partition coefficient (Wildman–Crippen LogP) is 5.80. The van der Waals surface area contributed by atoms with E-state index in [9.17, 15) is 14.0 Å². The van der Waals surface area contributed by atoms with Crippen LogP contribution in [0.4, 0.5) is 9.18 Å². The molecule has 1 fully saturated rings. The second-order valence-corrected chi connectivity index (χ2v) is 10.4. The lowest BCUT2D eigenvalue weighted by Gasteiger charge is -2.26. The van der Waals surface area contributed by atoms with Crippen LogP contribution in [0.2, 0.25) is 0 Å². The molecule has 4 aromatic rings. The number of rotatable bonds is 5. The summed E-state index contributed by atoms with van der Waals surface area (Å²) >= 11 is 0. The molecule has 39 heavy (non-hydrogen) atoms. The Morgan fingerprint density at radius 2 is 1.77 bits per heavy atom. The van der Waals surface area contributed by atoms with E-state index < -0.39 is 11.7 Å². The molecule has 0 saturated carbocycles. The molecule has 1 N–H and O–H groups in total. The van der Waals surface area contributed by atoms with E-state index in [0.717, 1.165) is 22.1 Å². The first-order chi connectivity index (χ1) is 18.7. The van der Waals surface area contributed by atoms with E-state index in [0.29, 0.717) is 48.9 Å². The largest absolute Gasteiger partial charge is 0.459 e. The Kier molecular flexibility index (Phi) is 7.34. The number of hydrogen-bond donors (Lipinski definition) is 1. The number of ether oxygens (including phenoxy) is 2. The smallest absolute Gasteiger partial charge is 0.408 e. The number of nitrogens with zero attached hydrogens (tertiary/aromatic N) is 2. The highest BCUT2D eigenvalue weighted by Gasteiger charge is 2.20. The van der Waals surface area contributed by atoms with Gasteiger partial charge in [-0.2, -0.15) is 0 Å². The van der Waals surface area contributed by atoms with E-state index in [1.165, 1.54) is 12.1 Å². The van der Waals surface area contributed by atoms with Gasteiger partial charge in [0.05, 0.1) is 31.0 Å². The molecule has 1 aliphatic rings. The maximum absolute atomic E-state index is 13.7. The molecule has 0 bridgehead atoms. The van der Waals surface area contributed by atoms with E-state index in [2.05, 4.69) is 10.3 Å². The second kappa shape index (κ2) is 10.9. The quantitative estimate of drug-likeness (QED) is 0.350. The number of alkyl carbamates (subject to hydrolysis) is 1. The highest BCUT2D eigenvalue weighted by Crippen LogP contribution is 2.35. The summed E-state index contributed by atoms with van der Waals surface area (Å²) in [6, 6.07) is 15.5. The summed E-state index contributed by atoms with van der Waals surface area (Å²) < 4.78 is 30.4. The van der Waals surface area contributed by atoms with Crippen molar-refractivity contribution in [1.29, 1.82) is 0 Å². The van der Waals surface area contributed by atoms with Crippen LogP contribution >= 0.6 is 0 Å². The first-order valence-electron chi connectivity index (χ1n) is 12.8. The van der Waals surface area contributed by atoms with Crippen molar-refractivity contribution >= 4 is 23.0 Å². The van der Waals surface area contributed by atoms with Crippen LogP contribution in [-0.4, -0.2) is 53.8 Å². The fourth-order valence-corrected chi connectivity index (χ4v) is 4.40. The van der Waals surface area contributed by atoms with Crippen LogP contribution in [0.25, 0.3) is 33.4 Å². The Labute approximate surface area is 225 Å². The van der Waals surface area contributed by atoms with E-state index in [1.54, 1.807) is 50.1 Å². The molecular formula is C30H30FN3O5. The average Bonchev–Trinajstić information content (AvgIpc) is 3.34. The number of furan rings is 1. The fourth-order valence-electron chi connectivity index (χ4n) is 4.40. The van der Waals surface area contributed by atoms with Crippen LogP contribution in [0.1, 0.15) is 36.9 Å². The SMILES string of the molecule is CC(C)(C)OC(=O)NCc1cc2cc(-c3ccc(C(=O)N4CCOCC4)cn3)cc(-c3ccc(F)cc3)c2o1. The van der Waals surface area contributed by atoms with Crippen molar-refractivity contribution in [2.24, 2.45) is 0 Å². The third-order valence-electron chi connectivity index (χ3n) is 6.23. The molecule has 0 aliphatic carbocycles. The molecule has 202 valence electrons. The third-order valence-corrected chi connectivity index (χ3v) is 6.23. The predicted molar refractivity (Wildman–Crippen MR) is 145 cm³/mol. The van der Waals surface area contributed by atoms with Crippen LogP contribution in [0, 0.1) is 5.82 Å². The lowest BCUT2D eigenvalue weighted by Crippen LogP contribution is -2.40. The number of fused-ring (bicyclic) bond motifs is 1. The highest BCUT2D eigenvalue weighted by molar-refractivity contribution is 5.97. The van der Waals surface area contributed by atoms with Gasteiger partial charge < -0.3 is 24.1 Å². The fraction of sp³-hybridized carbons (Fsp3) is 0.300. The Morgan fingerprint density at radius 3 is 2.44 bits per heavy atom. The van der Waals surface area contributed by atoms with Crippen molar-refractivity contribution in [3.8, 4) is 22.4 Å². The van der Waals surface area contributed by atoms with Gasteiger partial charge in [0, 0.05) is 35.8 Å². The number of hydrogen-bond acceptors (Lipinski definition) is 6. The summed E-state index contributed by atoms with van der Waals surface area (Å²) in [7, 11) is 0. The Bertz CT molecular complexity index is 1480. The topological polar surface area (TPSA) is 93.9 Å². The van der Waals surface area contributed by atoms with Gasteiger partial charge in [-0.25, -0.2) is 9.18 Å². The summed E-state index contributed by atoms with van der Waals surface area (Å²) in [5, 5.41) is 3.51. The van der Waals surface area contributed by atoms with Gasteiger partial charge in [-0.1, -0.05) is 12.1 Å². The first-order valence-corrected chi connectivity index (χ1v) is 12.8. The van der Waals surface area contributed by atoms with Crippen molar-refractivity contribution < 1.29 is 27.9 Å². The van der Waals surface area contributed by atoms with Gasteiger partial charge in [0.25, 0.3) is 5.91 Å². The van der Waals surface area contributed by atoms with Crippen molar-refractivity contribution in [2.75, 3.05) is 26.3 Å². The summed E-state index contributed by atoms with van der Waals surface area (Å²) in [6.07, 6.45) is 1.04. The molecule has 1 aliphatic heterocycles. The molecule has 3 heterocycles. The number of carbonyl (C=O) groups is 2. The number of morpholine rings is 1. The van der Waals surface area contributed by atoms with Crippen LogP contribution in [0.15, 0.2) is 65.2 Å². The maximum Gasteiger partial charge on any atom is 0.408 e. The molecule has 0 atom stereocenters. The summed E-state index contributed by atoms with van der Waals surface area (Å²) in [6.45, 7) is 7.70. The van der Waals surface area contributed by atoms with Crippen molar-refractivity contribution in [1.82, 2.24) is 15.2 Å². The Balaban J connectivity index is 1.46. The maximum atomic E-state index is 13.7. The van der Waals surface area contributed by atoms with Crippen LogP contribution < -0.4 is 5.32 Å². The number of benzene rings is 2. The van der Waals surface area contributed by atoms with Crippen molar-refractivity contribution in [2.45, 2.75) is 32.9 Å². The average molecular weight is 532 g/mol.